The number of methoxy groups -OCH3 is 1. The fraction of sp³-hybridized carbons (Fsp3) is 0.421. The van der Waals surface area contributed by atoms with Crippen molar-refractivity contribution in [3.05, 3.63) is 36.0 Å². The van der Waals surface area contributed by atoms with E-state index in [2.05, 4.69) is 4.74 Å². The van der Waals surface area contributed by atoms with Crippen molar-refractivity contribution < 1.29 is 19.1 Å². The van der Waals surface area contributed by atoms with Crippen LogP contribution in [0.3, 0.4) is 0 Å². The van der Waals surface area contributed by atoms with Crippen molar-refractivity contribution >= 4 is 28.7 Å². The summed E-state index contributed by atoms with van der Waals surface area (Å²) in [4.78, 5) is 39.7. The molecular formula is C19H23N3O4. The molecule has 0 aliphatic carbocycles. The van der Waals surface area contributed by atoms with E-state index < -0.39 is 0 Å². The normalized spacial score (nSPS) is 14.5. The largest absolute Gasteiger partial charge is 0.469 e. The number of para-hydroxylation sites is 1. The molecule has 1 saturated heterocycles. The molecule has 1 aromatic carbocycles. The molecule has 0 radical (unpaired) electrons. The number of piperazine rings is 1. The molecule has 0 atom stereocenters. The third-order valence-corrected chi connectivity index (χ3v) is 4.82. The SMILES string of the molecule is COC(=O)CCC(=O)N1CCN(C(=O)c2cn(C)c3ccccc23)CC1. The number of nitrogens with zero attached hydrogens (tertiary/aromatic N) is 3. The van der Waals surface area contributed by atoms with Crippen LogP contribution in [0.5, 0.6) is 0 Å². The van der Waals surface area contributed by atoms with Crippen molar-refractivity contribution in [1.29, 1.82) is 0 Å². The van der Waals surface area contributed by atoms with Crippen molar-refractivity contribution in [2.24, 2.45) is 7.05 Å². The van der Waals surface area contributed by atoms with Gasteiger partial charge in [0.15, 0.2) is 0 Å². The Kier molecular flexibility index (Phi) is 5.25. The predicted octanol–water partition coefficient (Wildman–Crippen LogP) is 1.42. The lowest BCUT2D eigenvalue weighted by Crippen LogP contribution is -2.50. The van der Waals surface area contributed by atoms with E-state index >= 15 is 0 Å². The van der Waals surface area contributed by atoms with Crippen molar-refractivity contribution in [1.82, 2.24) is 14.4 Å². The molecule has 2 heterocycles. The summed E-state index contributed by atoms with van der Waals surface area (Å²) in [5, 5.41) is 0.941. The van der Waals surface area contributed by atoms with Gasteiger partial charge in [0, 0.05) is 56.7 Å². The molecule has 7 heteroatoms. The van der Waals surface area contributed by atoms with Gasteiger partial charge in [0.25, 0.3) is 5.91 Å². The molecule has 1 aliphatic heterocycles. The van der Waals surface area contributed by atoms with Crippen molar-refractivity contribution in [3.63, 3.8) is 0 Å². The number of ether oxygens (including phenoxy) is 1. The van der Waals surface area contributed by atoms with Crippen molar-refractivity contribution in [3.8, 4) is 0 Å². The maximum absolute atomic E-state index is 12.9. The Morgan fingerprint density at radius 3 is 2.35 bits per heavy atom. The minimum Gasteiger partial charge on any atom is -0.469 e. The van der Waals surface area contributed by atoms with Crippen molar-refractivity contribution in [2.75, 3.05) is 33.3 Å². The highest BCUT2D eigenvalue weighted by Gasteiger charge is 2.26. The standard InChI is InChI=1S/C19H23N3O4/c1-20-13-15(14-5-3-4-6-16(14)20)19(25)22-11-9-21(10-12-22)17(23)7-8-18(24)26-2/h3-6,13H,7-12H2,1-2H3. The first-order valence-electron chi connectivity index (χ1n) is 8.69. The van der Waals surface area contributed by atoms with E-state index in [-0.39, 0.29) is 30.6 Å². The first kappa shape index (κ1) is 18.0. The highest BCUT2D eigenvalue weighted by atomic mass is 16.5. The quantitative estimate of drug-likeness (QED) is 0.776. The monoisotopic (exact) mass is 357 g/mol. The molecular weight excluding hydrogens is 334 g/mol. The number of aromatic nitrogens is 1. The molecule has 1 aromatic heterocycles. The molecule has 0 spiro atoms. The lowest BCUT2D eigenvalue weighted by molar-refractivity contribution is -0.143. The number of aryl methyl sites for hydroxylation is 1. The second-order valence-corrected chi connectivity index (χ2v) is 6.42. The number of benzene rings is 1. The summed E-state index contributed by atoms with van der Waals surface area (Å²) in [6.07, 6.45) is 2.09. The average Bonchev–Trinajstić information content (AvgIpc) is 3.02. The van der Waals surface area contributed by atoms with Crippen LogP contribution >= 0.6 is 0 Å². The summed E-state index contributed by atoms with van der Waals surface area (Å²) in [6, 6.07) is 7.82. The Morgan fingerprint density at radius 1 is 1.00 bits per heavy atom. The summed E-state index contributed by atoms with van der Waals surface area (Å²) in [5.41, 5.74) is 1.71. The first-order valence-corrected chi connectivity index (χ1v) is 8.69. The molecule has 2 aromatic rings. The maximum Gasteiger partial charge on any atom is 0.306 e. The second-order valence-electron chi connectivity index (χ2n) is 6.42. The van der Waals surface area contributed by atoms with Gasteiger partial charge in [-0.3, -0.25) is 14.4 Å². The summed E-state index contributed by atoms with van der Waals surface area (Å²) >= 11 is 0. The van der Waals surface area contributed by atoms with E-state index in [0.717, 1.165) is 10.9 Å². The Hall–Kier alpha value is -2.83. The fourth-order valence-corrected chi connectivity index (χ4v) is 3.31. The van der Waals surface area contributed by atoms with Crippen LogP contribution in [0.2, 0.25) is 0 Å². The van der Waals surface area contributed by atoms with E-state index in [4.69, 9.17) is 0 Å². The third-order valence-electron chi connectivity index (χ3n) is 4.82. The Morgan fingerprint density at radius 2 is 1.65 bits per heavy atom. The molecule has 0 bridgehead atoms. The molecule has 138 valence electrons. The zero-order valence-electron chi connectivity index (χ0n) is 15.1. The molecule has 0 unspecified atom stereocenters. The van der Waals surface area contributed by atoms with E-state index in [0.29, 0.717) is 31.7 Å². The molecule has 7 nitrogen and oxygen atoms in total. The van der Waals surface area contributed by atoms with Crippen LogP contribution < -0.4 is 0 Å². The summed E-state index contributed by atoms with van der Waals surface area (Å²) in [5.74, 6) is -0.473. The number of rotatable bonds is 4. The molecule has 3 rings (SSSR count). The highest BCUT2D eigenvalue weighted by Crippen LogP contribution is 2.22. The zero-order valence-corrected chi connectivity index (χ0v) is 15.1. The molecule has 1 aliphatic rings. The fourth-order valence-electron chi connectivity index (χ4n) is 3.31. The van der Waals surface area contributed by atoms with E-state index in [1.165, 1.54) is 7.11 Å². The Labute approximate surface area is 152 Å². The van der Waals surface area contributed by atoms with Gasteiger partial charge in [-0.2, -0.15) is 0 Å². The minimum atomic E-state index is -0.386. The first-order chi connectivity index (χ1) is 12.5. The molecule has 0 saturated carbocycles. The number of carbonyl (C=O) groups is 3. The lowest BCUT2D eigenvalue weighted by Gasteiger charge is -2.34. The number of carbonyl (C=O) groups excluding carboxylic acids is 3. The molecule has 1 fully saturated rings. The number of amides is 2. The number of hydrogen-bond donors (Lipinski definition) is 0. The van der Waals surface area contributed by atoms with Gasteiger partial charge in [-0.05, 0) is 6.07 Å². The van der Waals surface area contributed by atoms with Gasteiger partial charge in [-0.15, -0.1) is 0 Å². The Bertz CT molecular complexity index is 834. The van der Waals surface area contributed by atoms with Gasteiger partial charge in [0.2, 0.25) is 5.91 Å². The Balaban J connectivity index is 1.61. The van der Waals surface area contributed by atoms with E-state index in [1.54, 1.807) is 9.80 Å². The van der Waals surface area contributed by atoms with Crippen LogP contribution in [0.4, 0.5) is 0 Å². The van der Waals surface area contributed by atoms with Gasteiger partial charge in [0.05, 0.1) is 19.1 Å². The van der Waals surface area contributed by atoms with Crippen LogP contribution in [-0.2, 0) is 21.4 Å². The van der Waals surface area contributed by atoms with Crippen molar-refractivity contribution in [2.45, 2.75) is 12.8 Å². The van der Waals surface area contributed by atoms with Crippen LogP contribution in [0.15, 0.2) is 30.5 Å². The van der Waals surface area contributed by atoms with Gasteiger partial charge in [-0.1, -0.05) is 18.2 Å². The lowest BCUT2D eigenvalue weighted by atomic mass is 10.1. The highest BCUT2D eigenvalue weighted by molar-refractivity contribution is 6.07. The molecule has 26 heavy (non-hydrogen) atoms. The van der Waals surface area contributed by atoms with Crippen LogP contribution in [-0.4, -0.2) is 65.4 Å². The number of fused-ring (bicyclic) bond motifs is 1. The van der Waals surface area contributed by atoms with Gasteiger partial charge < -0.3 is 19.1 Å². The number of esters is 1. The van der Waals surface area contributed by atoms with Gasteiger partial charge >= 0.3 is 5.97 Å². The molecule has 0 N–H and O–H groups in total. The zero-order chi connectivity index (χ0) is 18.7. The topological polar surface area (TPSA) is 71.9 Å². The van der Waals surface area contributed by atoms with Gasteiger partial charge in [0.1, 0.15) is 0 Å². The summed E-state index contributed by atoms with van der Waals surface area (Å²) in [6.45, 7) is 1.95. The maximum atomic E-state index is 12.9. The van der Waals surface area contributed by atoms with Gasteiger partial charge in [-0.25, -0.2) is 0 Å². The van der Waals surface area contributed by atoms with E-state index in [1.807, 2.05) is 42.1 Å². The third kappa shape index (κ3) is 3.56. The van der Waals surface area contributed by atoms with E-state index in [9.17, 15) is 14.4 Å². The molecule has 2 amide bonds. The van der Waals surface area contributed by atoms with Crippen LogP contribution in [0.25, 0.3) is 10.9 Å². The van der Waals surface area contributed by atoms with Crippen LogP contribution in [0, 0.1) is 0 Å². The predicted molar refractivity (Wildman–Crippen MR) is 96.7 cm³/mol. The average molecular weight is 357 g/mol. The summed E-state index contributed by atoms with van der Waals surface area (Å²) in [7, 11) is 3.24. The number of hydrogen-bond acceptors (Lipinski definition) is 4. The minimum absolute atomic E-state index is 0.0107. The van der Waals surface area contributed by atoms with Crippen LogP contribution in [0.1, 0.15) is 23.2 Å². The summed E-state index contributed by atoms with van der Waals surface area (Å²) < 4.78 is 6.51. The smallest absolute Gasteiger partial charge is 0.306 e. The second kappa shape index (κ2) is 7.59.